The van der Waals surface area contributed by atoms with Crippen molar-refractivity contribution in [1.82, 2.24) is 4.98 Å². The highest BCUT2D eigenvalue weighted by Gasteiger charge is 2.10. The Hall–Kier alpha value is -1.19. The zero-order chi connectivity index (χ0) is 12.4. The van der Waals surface area contributed by atoms with Crippen LogP contribution in [-0.2, 0) is 6.42 Å². The molecule has 0 bridgehead atoms. The van der Waals surface area contributed by atoms with Crippen molar-refractivity contribution in [2.45, 2.75) is 33.2 Å². The summed E-state index contributed by atoms with van der Waals surface area (Å²) >= 11 is 1.66. The fourth-order valence-electron chi connectivity index (χ4n) is 1.84. The van der Waals surface area contributed by atoms with E-state index in [1.807, 2.05) is 6.92 Å². The van der Waals surface area contributed by atoms with E-state index in [2.05, 4.69) is 42.4 Å². The molecule has 0 fully saturated rings. The van der Waals surface area contributed by atoms with Crippen LogP contribution in [0.3, 0.4) is 0 Å². The molecule has 2 rings (SSSR count). The Bertz CT molecular complexity index is 517. The van der Waals surface area contributed by atoms with Crippen molar-refractivity contribution in [2.75, 3.05) is 0 Å². The van der Waals surface area contributed by atoms with Crippen molar-refractivity contribution in [3.63, 3.8) is 0 Å². The lowest BCUT2D eigenvalue weighted by molar-refractivity contribution is 0.699. The van der Waals surface area contributed by atoms with Gasteiger partial charge in [-0.2, -0.15) is 0 Å². The Labute approximate surface area is 107 Å². The number of nitrogens with zero attached hydrogens (tertiary/aromatic N) is 1. The van der Waals surface area contributed by atoms with Crippen LogP contribution in [0.5, 0.6) is 0 Å². The van der Waals surface area contributed by atoms with E-state index >= 15 is 0 Å². The van der Waals surface area contributed by atoms with Crippen LogP contribution in [0.4, 0.5) is 0 Å². The van der Waals surface area contributed by atoms with E-state index in [0.29, 0.717) is 0 Å². The average Bonchev–Trinajstić information content (AvgIpc) is 2.70. The molecule has 0 saturated carbocycles. The van der Waals surface area contributed by atoms with Crippen LogP contribution in [0.25, 0.3) is 0 Å². The number of hydrogen-bond acceptors (Lipinski definition) is 3. The third-order valence-electron chi connectivity index (χ3n) is 3.04. The molecule has 1 unspecified atom stereocenters. The van der Waals surface area contributed by atoms with E-state index in [1.165, 1.54) is 16.7 Å². The zero-order valence-corrected chi connectivity index (χ0v) is 11.3. The smallest absolute Gasteiger partial charge is 0.0898 e. The minimum atomic E-state index is 0.00190. The van der Waals surface area contributed by atoms with Crippen LogP contribution in [0.15, 0.2) is 23.6 Å². The zero-order valence-electron chi connectivity index (χ0n) is 10.5. The molecule has 2 aromatic rings. The second-order valence-electron chi connectivity index (χ2n) is 4.52. The van der Waals surface area contributed by atoms with Gasteiger partial charge < -0.3 is 5.73 Å². The van der Waals surface area contributed by atoms with Gasteiger partial charge in [0.05, 0.1) is 16.7 Å². The summed E-state index contributed by atoms with van der Waals surface area (Å²) in [4.78, 5) is 4.44. The summed E-state index contributed by atoms with van der Waals surface area (Å²) in [6.07, 6.45) is 0.851. The van der Waals surface area contributed by atoms with E-state index in [0.717, 1.165) is 17.1 Å². The predicted molar refractivity (Wildman–Crippen MR) is 73.4 cm³/mol. The molecule has 0 saturated heterocycles. The van der Waals surface area contributed by atoms with Crippen molar-refractivity contribution >= 4 is 11.3 Å². The summed E-state index contributed by atoms with van der Waals surface area (Å²) in [6.45, 7) is 6.27. The van der Waals surface area contributed by atoms with Crippen molar-refractivity contribution in [3.8, 4) is 0 Å². The molecule has 2 N–H and O–H groups in total. The van der Waals surface area contributed by atoms with Gasteiger partial charge >= 0.3 is 0 Å². The lowest BCUT2D eigenvalue weighted by Gasteiger charge is -2.10. The molecule has 0 amide bonds. The first-order chi connectivity index (χ1) is 8.06. The van der Waals surface area contributed by atoms with Gasteiger partial charge in [-0.15, -0.1) is 11.3 Å². The first-order valence-electron chi connectivity index (χ1n) is 5.80. The molecule has 1 atom stereocenters. The SMILES string of the molecule is Cc1nc(C(N)Cc2ccc(C)c(C)c2)cs1. The number of benzene rings is 1. The summed E-state index contributed by atoms with van der Waals surface area (Å²) in [7, 11) is 0. The monoisotopic (exact) mass is 246 g/mol. The Morgan fingerprint density at radius 1 is 1.24 bits per heavy atom. The molecular weight excluding hydrogens is 228 g/mol. The molecule has 17 heavy (non-hydrogen) atoms. The molecule has 0 spiro atoms. The maximum atomic E-state index is 6.17. The van der Waals surface area contributed by atoms with Crippen molar-refractivity contribution in [3.05, 3.63) is 51.0 Å². The molecule has 1 heterocycles. The third-order valence-corrected chi connectivity index (χ3v) is 3.84. The standard InChI is InChI=1S/C14H18N2S/c1-9-4-5-12(6-10(9)2)7-13(15)14-8-17-11(3)16-14/h4-6,8,13H,7,15H2,1-3H3. The first kappa shape index (κ1) is 12.3. The Morgan fingerprint density at radius 3 is 2.59 bits per heavy atom. The quantitative estimate of drug-likeness (QED) is 0.902. The second-order valence-corrected chi connectivity index (χ2v) is 5.58. The minimum absolute atomic E-state index is 0.00190. The van der Waals surface area contributed by atoms with Gasteiger partial charge in [0.1, 0.15) is 0 Å². The third kappa shape index (κ3) is 2.93. The van der Waals surface area contributed by atoms with E-state index < -0.39 is 0 Å². The van der Waals surface area contributed by atoms with E-state index in [1.54, 1.807) is 11.3 Å². The molecule has 1 aromatic heterocycles. The molecular formula is C14H18N2S. The number of aryl methyl sites for hydroxylation is 3. The number of thiazole rings is 1. The first-order valence-corrected chi connectivity index (χ1v) is 6.68. The fourth-order valence-corrected chi connectivity index (χ4v) is 2.52. The maximum Gasteiger partial charge on any atom is 0.0898 e. The summed E-state index contributed by atoms with van der Waals surface area (Å²) in [5.74, 6) is 0. The lowest BCUT2D eigenvalue weighted by atomic mass is 10.0. The topological polar surface area (TPSA) is 38.9 Å². The van der Waals surface area contributed by atoms with Crippen molar-refractivity contribution < 1.29 is 0 Å². The van der Waals surface area contributed by atoms with Crippen molar-refractivity contribution in [1.29, 1.82) is 0 Å². The average molecular weight is 246 g/mol. The van der Waals surface area contributed by atoms with Gasteiger partial charge in [-0.05, 0) is 43.9 Å². The molecule has 0 radical (unpaired) electrons. The van der Waals surface area contributed by atoms with Gasteiger partial charge in [0.25, 0.3) is 0 Å². The van der Waals surface area contributed by atoms with Gasteiger partial charge in [0.15, 0.2) is 0 Å². The van der Waals surface area contributed by atoms with Crippen LogP contribution >= 0.6 is 11.3 Å². The summed E-state index contributed by atoms with van der Waals surface area (Å²) in [5.41, 5.74) is 11.1. The molecule has 90 valence electrons. The Morgan fingerprint density at radius 2 is 2.00 bits per heavy atom. The fraction of sp³-hybridized carbons (Fsp3) is 0.357. The summed E-state index contributed by atoms with van der Waals surface area (Å²) < 4.78 is 0. The highest BCUT2D eigenvalue weighted by molar-refractivity contribution is 7.09. The van der Waals surface area contributed by atoms with Crippen LogP contribution in [-0.4, -0.2) is 4.98 Å². The normalized spacial score (nSPS) is 12.7. The Kier molecular flexibility index (Phi) is 3.60. The minimum Gasteiger partial charge on any atom is -0.322 e. The van der Waals surface area contributed by atoms with E-state index in [4.69, 9.17) is 5.73 Å². The molecule has 0 aliphatic rings. The van der Waals surface area contributed by atoms with Gasteiger partial charge in [-0.1, -0.05) is 18.2 Å². The largest absolute Gasteiger partial charge is 0.322 e. The van der Waals surface area contributed by atoms with Gasteiger partial charge in [-0.3, -0.25) is 0 Å². The second kappa shape index (κ2) is 4.98. The number of nitrogens with two attached hydrogens (primary N) is 1. The molecule has 3 heteroatoms. The number of aromatic nitrogens is 1. The highest BCUT2D eigenvalue weighted by Crippen LogP contribution is 2.19. The molecule has 1 aromatic carbocycles. The number of hydrogen-bond donors (Lipinski definition) is 1. The lowest BCUT2D eigenvalue weighted by Crippen LogP contribution is -2.13. The maximum absolute atomic E-state index is 6.17. The number of rotatable bonds is 3. The molecule has 0 aliphatic heterocycles. The van der Waals surface area contributed by atoms with Gasteiger partial charge in [0, 0.05) is 5.38 Å². The van der Waals surface area contributed by atoms with Crippen LogP contribution < -0.4 is 5.73 Å². The summed E-state index contributed by atoms with van der Waals surface area (Å²) in [6, 6.07) is 6.53. The van der Waals surface area contributed by atoms with Crippen LogP contribution in [0.2, 0.25) is 0 Å². The summed E-state index contributed by atoms with van der Waals surface area (Å²) in [5, 5.41) is 3.14. The predicted octanol–water partition coefficient (Wildman–Crippen LogP) is 3.31. The van der Waals surface area contributed by atoms with Gasteiger partial charge in [0.2, 0.25) is 0 Å². The van der Waals surface area contributed by atoms with Crippen molar-refractivity contribution in [2.24, 2.45) is 5.73 Å². The molecule has 0 aliphatic carbocycles. The van der Waals surface area contributed by atoms with Gasteiger partial charge in [-0.25, -0.2) is 4.98 Å². The van der Waals surface area contributed by atoms with Crippen LogP contribution in [0.1, 0.15) is 33.4 Å². The Balaban J connectivity index is 2.12. The molecule has 2 nitrogen and oxygen atoms in total. The van der Waals surface area contributed by atoms with Crippen LogP contribution in [0, 0.1) is 20.8 Å². The highest BCUT2D eigenvalue weighted by atomic mass is 32.1. The van der Waals surface area contributed by atoms with E-state index in [9.17, 15) is 0 Å². The van der Waals surface area contributed by atoms with E-state index in [-0.39, 0.29) is 6.04 Å².